The Morgan fingerprint density at radius 1 is 0.857 bits per heavy atom. The van der Waals surface area contributed by atoms with E-state index in [4.69, 9.17) is 19.3 Å². The number of piperazine rings is 2. The lowest BCUT2D eigenvalue weighted by Crippen LogP contribution is -2.53. The Hall–Kier alpha value is -0.420. The van der Waals surface area contributed by atoms with E-state index in [1.165, 1.54) is 0 Å². The summed E-state index contributed by atoms with van der Waals surface area (Å²) in [5, 5.41) is 20.4. The minimum Gasteiger partial charge on any atom is -0.396 e. The molecule has 0 aromatic heterocycles. The number of nitrogens with one attached hydrogen (secondary N) is 1. The van der Waals surface area contributed by atoms with E-state index >= 15 is 0 Å². The Kier molecular flexibility index (Phi) is 11.3. The maximum absolute atomic E-state index is 10.8. The molecule has 28 heavy (non-hydrogen) atoms. The molecule has 0 aromatic rings. The van der Waals surface area contributed by atoms with E-state index in [1.54, 1.807) is 0 Å². The Bertz CT molecular complexity index is 636. The van der Waals surface area contributed by atoms with Gasteiger partial charge in [0.2, 0.25) is 0 Å². The third-order valence-corrected chi connectivity index (χ3v) is 6.37. The largest absolute Gasteiger partial charge is 0.396 e. The summed E-state index contributed by atoms with van der Waals surface area (Å²) in [5.41, 5.74) is 0. The van der Waals surface area contributed by atoms with Gasteiger partial charge in [-0.05, 0) is 6.42 Å². The minimum atomic E-state index is -4.12. The van der Waals surface area contributed by atoms with Gasteiger partial charge in [-0.3, -0.25) is 18.9 Å². The molecule has 14 heteroatoms. The number of β-amino-alcohol motifs (C(OH)–C–C–N with tert-alkyl or cyclic N) is 1. The topological polar surface area (TPSA) is 171 Å². The van der Waals surface area contributed by atoms with Gasteiger partial charge in [0.15, 0.2) is 0 Å². The molecule has 2 heterocycles. The molecule has 1 atom stereocenters. The van der Waals surface area contributed by atoms with E-state index in [9.17, 15) is 16.8 Å². The van der Waals surface area contributed by atoms with Crippen molar-refractivity contribution in [1.29, 1.82) is 0 Å². The highest BCUT2D eigenvalue weighted by atomic mass is 32.2. The highest BCUT2D eigenvalue weighted by Crippen LogP contribution is 2.10. The van der Waals surface area contributed by atoms with Gasteiger partial charge in [-0.1, -0.05) is 0 Å². The second-order valence-electron chi connectivity index (χ2n) is 6.65. The average molecular weight is 449 g/mol. The number of rotatable bonds is 8. The Balaban J connectivity index is 0.000000283. The van der Waals surface area contributed by atoms with Crippen molar-refractivity contribution in [2.45, 2.75) is 12.5 Å². The normalized spacial score (nSPS) is 23.2. The Morgan fingerprint density at radius 2 is 1.43 bits per heavy atom. The van der Waals surface area contributed by atoms with Gasteiger partial charge in [0, 0.05) is 71.6 Å². The van der Waals surface area contributed by atoms with Crippen LogP contribution in [0.5, 0.6) is 0 Å². The van der Waals surface area contributed by atoms with Crippen LogP contribution in [0.2, 0.25) is 0 Å². The zero-order valence-electron chi connectivity index (χ0n) is 15.8. The van der Waals surface area contributed by atoms with Crippen LogP contribution in [-0.4, -0.2) is 134 Å². The van der Waals surface area contributed by atoms with E-state index < -0.39 is 20.4 Å². The van der Waals surface area contributed by atoms with E-state index in [0.29, 0.717) is 32.6 Å². The van der Waals surface area contributed by atoms with Crippen molar-refractivity contribution >= 4 is 20.4 Å². The van der Waals surface area contributed by atoms with Crippen molar-refractivity contribution in [2.75, 3.05) is 77.9 Å². The van der Waals surface area contributed by atoms with Crippen LogP contribution in [0.15, 0.2) is 0 Å². The zero-order valence-corrected chi connectivity index (χ0v) is 17.5. The van der Waals surface area contributed by atoms with Crippen molar-refractivity contribution in [3.63, 3.8) is 0 Å². The van der Waals surface area contributed by atoms with Gasteiger partial charge in [0.1, 0.15) is 0 Å². The predicted molar refractivity (Wildman–Crippen MR) is 103 cm³/mol. The molecule has 0 aliphatic carbocycles. The summed E-state index contributed by atoms with van der Waals surface area (Å²) in [6, 6.07) is -0.339. The van der Waals surface area contributed by atoms with Crippen LogP contribution in [0.3, 0.4) is 0 Å². The predicted octanol–water partition coefficient (Wildman–Crippen LogP) is -3.07. The third-order valence-electron chi connectivity index (χ3n) is 4.60. The third kappa shape index (κ3) is 10.4. The first kappa shape index (κ1) is 25.6. The summed E-state index contributed by atoms with van der Waals surface area (Å²) in [4.78, 5) is 4.13. The lowest BCUT2D eigenvalue weighted by atomic mass is 10.2. The first-order valence-electron chi connectivity index (χ1n) is 9.13. The molecule has 2 aliphatic heterocycles. The molecule has 0 spiro atoms. The number of nitrogens with zero attached hydrogens (tertiary/aromatic N) is 3. The number of hydrogen-bond acceptors (Lipinski definition) is 9. The molecule has 12 nitrogen and oxygen atoms in total. The molecule has 0 saturated carbocycles. The highest BCUT2D eigenvalue weighted by molar-refractivity contribution is 7.85. The SMILES string of the molecule is O=S(=O)(O)CCN1CCN(CCO)CC1.O=S(=O)(O)N1CCNCC1CCO. The smallest absolute Gasteiger partial charge is 0.336 e. The maximum Gasteiger partial charge on any atom is 0.336 e. The van der Waals surface area contributed by atoms with Crippen LogP contribution < -0.4 is 5.32 Å². The number of hydrogen-bond donors (Lipinski definition) is 5. The molecule has 2 saturated heterocycles. The van der Waals surface area contributed by atoms with Crippen LogP contribution in [0, 0.1) is 0 Å². The van der Waals surface area contributed by atoms with Gasteiger partial charge < -0.3 is 15.5 Å². The van der Waals surface area contributed by atoms with Gasteiger partial charge in [-0.2, -0.15) is 21.1 Å². The van der Waals surface area contributed by atoms with Gasteiger partial charge in [0.25, 0.3) is 10.1 Å². The molecule has 0 aromatic carbocycles. The second-order valence-corrected chi connectivity index (χ2v) is 9.59. The first-order valence-corrected chi connectivity index (χ1v) is 12.1. The fraction of sp³-hybridized carbons (Fsp3) is 1.00. The summed E-state index contributed by atoms with van der Waals surface area (Å²) < 4.78 is 61.2. The number of aliphatic hydroxyl groups excluding tert-OH is 2. The summed E-state index contributed by atoms with van der Waals surface area (Å²) in [5.74, 6) is -0.201. The van der Waals surface area contributed by atoms with Crippen LogP contribution in [0.1, 0.15) is 6.42 Å². The molecule has 1 unspecified atom stereocenters. The zero-order chi connectivity index (χ0) is 21.2. The van der Waals surface area contributed by atoms with Crippen LogP contribution in [0.25, 0.3) is 0 Å². The lowest BCUT2D eigenvalue weighted by Gasteiger charge is -2.33. The maximum atomic E-state index is 10.8. The van der Waals surface area contributed by atoms with Gasteiger partial charge in [-0.15, -0.1) is 0 Å². The van der Waals surface area contributed by atoms with E-state index in [0.717, 1.165) is 30.5 Å². The Labute approximate surface area is 166 Å². The van der Waals surface area contributed by atoms with Crippen LogP contribution in [0.4, 0.5) is 0 Å². The highest BCUT2D eigenvalue weighted by Gasteiger charge is 2.30. The summed E-state index contributed by atoms with van der Waals surface area (Å²) in [7, 11) is -7.96. The van der Waals surface area contributed by atoms with Crippen molar-refractivity contribution in [1.82, 2.24) is 19.4 Å². The molecule has 168 valence electrons. The van der Waals surface area contributed by atoms with Crippen LogP contribution in [-0.2, 0) is 20.4 Å². The monoisotopic (exact) mass is 448 g/mol. The summed E-state index contributed by atoms with van der Waals surface area (Å²) >= 11 is 0. The van der Waals surface area contributed by atoms with Gasteiger partial charge in [0.05, 0.1) is 12.4 Å². The average Bonchev–Trinajstić information content (AvgIpc) is 2.61. The lowest BCUT2D eigenvalue weighted by molar-refractivity contribution is 0.116. The fourth-order valence-corrected chi connectivity index (χ4v) is 4.43. The van der Waals surface area contributed by atoms with Crippen LogP contribution >= 0.6 is 0 Å². The molecule has 2 aliphatic rings. The molecule has 2 rings (SSSR count). The van der Waals surface area contributed by atoms with Crippen molar-refractivity contribution < 1.29 is 36.2 Å². The molecule has 2 fully saturated rings. The van der Waals surface area contributed by atoms with Gasteiger partial charge in [-0.25, -0.2) is 0 Å². The molecular weight excluding hydrogens is 416 g/mol. The van der Waals surface area contributed by atoms with Crippen molar-refractivity contribution in [3.05, 3.63) is 0 Å². The first-order chi connectivity index (χ1) is 13.1. The molecule has 5 N–H and O–H groups in total. The summed E-state index contributed by atoms with van der Waals surface area (Å²) in [6.07, 6.45) is 0.340. The molecule has 0 radical (unpaired) electrons. The Morgan fingerprint density at radius 3 is 1.89 bits per heavy atom. The standard InChI is InChI=1S/C8H18N2O4S.C6H14N2O4S/c11-7-5-9-1-3-10(4-2-9)6-8-15(12,13)14;9-4-1-6-5-7-2-3-8(6)13(10,11)12/h11H,1-8H2,(H,12,13,14);6-7,9H,1-5H2,(H,10,11,12). The molecule has 0 bridgehead atoms. The van der Waals surface area contributed by atoms with Crippen molar-refractivity contribution in [3.8, 4) is 0 Å². The minimum absolute atomic E-state index is 0.0850. The molecular formula is C14H32N4O8S2. The second kappa shape index (κ2) is 12.3. The molecule has 0 amide bonds. The summed E-state index contributed by atoms with van der Waals surface area (Å²) in [6.45, 7) is 5.63. The number of aliphatic hydroxyl groups is 2. The van der Waals surface area contributed by atoms with E-state index in [1.807, 2.05) is 4.90 Å². The van der Waals surface area contributed by atoms with E-state index in [2.05, 4.69) is 10.2 Å². The quantitative estimate of drug-likeness (QED) is 0.239. The van der Waals surface area contributed by atoms with Gasteiger partial charge >= 0.3 is 10.3 Å². The fourth-order valence-electron chi connectivity index (χ4n) is 3.06. The van der Waals surface area contributed by atoms with E-state index in [-0.39, 0.29) is 31.6 Å². The van der Waals surface area contributed by atoms with Crippen molar-refractivity contribution in [2.24, 2.45) is 0 Å².